The Hall–Kier alpha value is -2.60. The maximum absolute atomic E-state index is 12.0. The van der Waals surface area contributed by atoms with Crippen LogP contribution in [0.3, 0.4) is 0 Å². The second kappa shape index (κ2) is 9.92. The molecule has 0 heterocycles. The van der Waals surface area contributed by atoms with Gasteiger partial charge in [0.05, 0.1) is 4.47 Å². The lowest BCUT2D eigenvalue weighted by molar-refractivity contribution is -0.134. The van der Waals surface area contributed by atoms with Crippen molar-refractivity contribution in [1.29, 1.82) is 0 Å². The van der Waals surface area contributed by atoms with Gasteiger partial charge in [-0.25, -0.2) is 4.79 Å². The van der Waals surface area contributed by atoms with Crippen LogP contribution in [-0.4, -0.2) is 17.0 Å². The predicted octanol–water partition coefficient (Wildman–Crippen LogP) is 5.22. The molecule has 2 aromatic carbocycles. The SMILES string of the molecule is CCC(C)CC(=O)N/C(=C\c1ccc(Oc2ccccc2Br)cc1)C(=O)O. The van der Waals surface area contributed by atoms with Gasteiger partial charge in [0, 0.05) is 6.42 Å². The van der Waals surface area contributed by atoms with E-state index in [0.29, 0.717) is 23.5 Å². The number of halogens is 1. The van der Waals surface area contributed by atoms with Crippen LogP contribution in [0.5, 0.6) is 11.5 Å². The molecule has 0 aliphatic rings. The Bertz CT molecular complexity index is 830. The fraction of sp³-hybridized carbons (Fsp3) is 0.238. The lowest BCUT2D eigenvalue weighted by Gasteiger charge is -2.10. The monoisotopic (exact) mass is 431 g/mol. The molecule has 0 spiro atoms. The lowest BCUT2D eigenvalue weighted by Crippen LogP contribution is -2.28. The van der Waals surface area contributed by atoms with E-state index in [0.717, 1.165) is 10.9 Å². The summed E-state index contributed by atoms with van der Waals surface area (Å²) in [6.45, 7) is 3.94. The molecular formula is C21H22BrNO4. The highest BCUT2D eigenvalue weighted by Crippen LogP contribution is 2.29. The summed E-state index contributed by atoms with van der Waals surface area (Å²) in [7, 11) is 0. The van der Waals surface area contributed by atoms with E-state index < -0.39 is 5.97 Å². The molecular weight excluding hydrogens is 410 g/mol. The number of carbonyl (C=O) groups is 2. The first kappa shape index (κ1) is 20.7. The van der Waals surface area contributed by atoms with Gasteiger partial charge in [-0.2, -0.15) is 0 Å². The average Bonchev–Trinajstić information content (AvgIpc) is 2.64. The summed E-state index contributed by atoms with van der Waals surface area (Å²) in [4.78, 5) is 23.4. The second-order valence-electron chi connectivity index (χ2n) is 6.23. The molecule has 6 heteroatoms. The molecule has 27 heavy (non-hydrogen) atoms. The van der Waals surface area contributed by atoms with Crippen LogP contribution in [0.25, 0.3) is 6.08 Å². The molecule has 0 aliphatic heterocycles. The molecule has 1 unspecified atom stereocenters. The molecule has 0 aromatic heterocycles. The molecule has 2 rings (SSSR count). The van der Waals surface area contributed by atoms with Gasteiger partial charge in [-0.05, 0) is 57.8 Å². The van der Waals surface area contributed by atoms with E-state index in [9.17, 15) is 14.7 Å². The van der Waals surface area contributed by atoms with Crippen molar-refractivity contribution < 1.29 is 19.4 Å². The molecule has 1 amide bonds. The minimum atomic E-state index is -1.18. The highest BCUT2D eigenvalue weighted by Gasteiger charge is 2.14. The average molecular weight is 432 g/mol. The van der Waals surface area contributed by atoms with E-state index >= 15 is 0 Å². The number of amides is 1. The van der Waals surface area contributed by atoms with E-state index in [2.05, 4.69) is 21.2 Å². The van der Waals surface area contributed by atoms with Crippen molar-refractivity contribution in [2.75, 3.05) is 0 Å². The van der Waals surface area contributed by atoms with Crippen LogP contribution >= 0.6 is 15.9 Å². The molecule has 2 N–H and O–H groups in total. The van der Waals surface area contributed by atoms with E-state index in [1.54, 1.807) is 24.3 Å². The van der Waals surface area contributed by atoms with Crippen molar-refractivity contribution in [3.05, 3.63) is 64.3 Å². The van der Waals surface area contributed by atoms with Crippen LogP contribution in [0.2, 0.25) is 0 Å². The summed E-state index contributed by atoms with van der Waals surface area (Å²) >= 11 is 3.42. The summed E-state index contributed by atoms with van der Waals surface area (Å²) in [6.07, 6.45) is 2.58. The second-order valence-corrected chi connectivity index (χ2v) is 7.08. The Morgan fingerprint density at radius 2 is 1.85 bits per heavy atom. The standard InChI is InChI=1S/C21H22BrNO4/c1-3-14(2)12-20(24)23-18(21(25)26)13-15-8-10-16(11-9-15)27-19-7-5-4-6-17(19)22/h4-11,13-14H,3,12H2,1-2H3,(H,23,24)(H,25,26)/b18-13-. The van der Waals surface area contributed by atoms with E-state index in [-0.39, 0.29) is 17.5 Å². The zero-order valence-electron chi connectivity index (χ0n) is 15.2. The quantitative estimate of drug-likeness (QED) is 0.561. The zero-order chi connectivity index (χ0) is 19.8. The summed E-state index contributed by atoms with van der Waals surface area (Å²) in [5, 5.41) is 11.8. The van der Waals surface area contributed by atoms with Crippen molar-refractivity contribution in [2.24, 2.45) is 5.92 Å². The summed E-state index contributed by atoms with van der Waals surface area (Å²) in [5.74, 6) is 0.0303. The highest BCUT2D eigenvalue weighted by atomic mass is 79.9. The smallest absolute Gasteiger partial charge is 0.352 e. The van der Waals surface area contributed by atoms with Gasteiger partial charge in [0.25, 0.3) is 0 Å². The van der Waals surface area contributed by atoms with Gasteiger partial charge >= 0.3 is 5.97 Å². The number of hydrogen-bond donors (Lipinski definition) is 2. The summed E-state index contributed by atoms with van der Waals surface area (Å²) in [6, 6.07) is 14.4. The first-order valence-corrected chi connectivity index (χ1v) is 9.45. The van der Waals surface area contributed by atoms with Gasteiger partial charge in [0.1, 0.15) is 17.2 Å². The molecule has 0 aliphatic carbocycles. The van der Waals surface area contributed by atoms with Crippen molar-refractivity contribution in [3.8, 4) is 11.5 Å². The number of ether oxygens (including phenoxy) is 1. The largest absolute Gasteiger partial charge is 0.477 e. The number of carboxylic acid groups (broad SMARTS) is 1. The molecule has 1 atom stereocenters. The number of carboxylic acids is 1. The summed E-state index contributed by atoms with van der Waals surface area (Å²) in [5.41, 5.74) is 0.499. The van der Waals surface area contributed by atoms with Crippen LogP contribution in [-0.2, 0) is 9.59 Å². The number of hydrogen-bond acceptors (Lipinski definition) is 3. The Morgan fingerprint density at radius 3 is 2.44 bits per heavy atom. The van der Waals surface area contributed by atoms with Crippen molar-refractivity contribution in [2.45, 2.75) is 26.7 Å². The number of nitrogens with one attached hydrogen (secondary N) is 1. The van der Waals surface area contributed by atoms with E-state index in [1.165, 1.54) is 6.08 Å². The Labute approximate surface area is 167 Å². The molecule has 142 valence electrons. The van der Waals surface area contributed by atoms with Crippen LogP contribution < -0.4 is 10.1 Å². The van der Waals surface area contributed by atoms with Crippen LogP contribution in [0.4, 0.5) is 0 Å². The van der Waals surface area contributed by atoms with Gasteiger partial charge in [-0.1, -0.05) is 44.5 Å². The third-order valence-corrected chi connectivity index (χ3v) is 4.65. The van der Waals surface area contributed by atoms with Crippen molar-refractivity contribution in [1.82, 2.24) is 5.32 Å². The third kappa shape index (κ3) is 6.57. The molecule has 0 saturated heterocycles. The number of rotatable bonds is 8. The molecule has 5 nitrogen and oxygen atoms in total. The minimum absolute atomic E-state index is 0.150. The third-order valence-electron chi connectivity index (χ3n) is 3.99. The Morgan fingerprint density at radius 1 is 1.19 bits per heavy atom. The molecule has 0 fully saturated rings. The predicted molar refractivity (Wildman–Crippen MR) is 108 cm³/mol. The minimum Gasteiger partial charge on any atom is -0.477 e. The van der Waals surface area contributed by atoms with E-state index in [1.807, 2.05) is 38.1 Å². The lowest BCUT2D eigenvalue weighted by atomic mass is 10.0. The van der Waals surface area contributed by atoms with Crippen LogP contribution in [0.15, 0.2) is 58.7 Å². The topological polar surface area (TPSA) is 75.6 Å². The number of benzene rings is 2. The molecule has 0 radical (unpaired) electrons. The van der Waals surface area contributed by atoms with Gasteiger partial charge in [0.2, 0.25) is 5.91 Å². The van der Waals surface area contributed by atoms with E-state index in [4.69, 9.17) is 4.74 Å². The Balaban J connectivity index is 2.10. The van der Waals surface area contributed by atoms with Crippen molar-refractivity contribution >= 4 is 33.9 Å². The molecule has 0 saturated carbocycles. The molecule has 2 aromatic rings. The normalized spacial score (nSPS) is 12.3. The van der Waals surface area contributed by atoms with Gasteiger partial charge in [-0.15, -0.1) is 0 Å². The first-order chi connectivity index (χ1) is 12.9. The number of para-hydroxylation sites is 1. The van der Waals surface area contributed by atoms with Crippen LogP contribution in [0.1, 0.15) is 32.3 Å². The fourth-order valence-corrected chi connectivity index (χ4v) is 2.63. The highest BCUT2D eigenvalue weighted by molar-refractivity contribution is 9.10. The van der Waals surface area contributed by atoms with Gasteiger partial charge < -0.3 is 15.2 Å². The Kier molecular flexibility index (Phi) is 7.61. The van der Waals surface area contributed by atoms with Gasteiger partial charge in [0.15, 0.2) is 0 Å². The first-order valence-electron chi connectivity index (χ1n) is 8.66. The molecule has 0 bridgehead atoms. The van der Waals surface area contributed by atoms with Gasteiger partial charge in [-0.3, -0.25) is 4.79 Å². The number of carbonyl (C=O) groups excluding carboxylic acids is 1. The fourth-order valence-electron chi connectivity index (χ4n) is 2.27. The maximum atomic E-state index is 12.0. The maximum Gasteiger partial charge on any atom is 0.352 e. The number of aliphatic carboxylic acids is 1. The van der Waals surface area contributed by atoms with Crippen LogP contribution in [0, 0.1) is 5.92 Å². The van der Waals surface area contributed by atoms with Crippen molar-refractivity contribution in [3.63, 3.8) is 0 Å². The zero-order valence-corrected chi connectivity index (χ0v) is 16.8. The summed E-state index contributed by atoms with van der Waals surface area (Å²) < 4.78 is 6.62.